The number of nitrogens with one attached hydrogen (secondary N) is 1. The smallest absolute Gasteiger partial charge is 0.333 e. The summed E-state index contributed by atoms with van der Waals surface area (Å²) in [6.07, 6.45) is 0. The summed E-state index contributed by atoms with van der Waals surface area (Å²) in [5.74, 6) is -4.78. The van der Waals surface area contributed by atoms with Crippen molar-refractivity contribution in [1.82, 2.24) is 0 Å². The van der Waals surface area contributed by atoms with Crippen molar-refractivity contribution in [2.24, 2.45) is 11.8 Å². The lowest BCUT2D eigenvalue weighted by Gasteiger charge is -2.55. The average Bonchev–Trinajstić information content (AvgIpc) is 2.94. The van der Waals surface area contributed by atoms with Gasteiger partial charge in [-0.05, 0) is 52.3 Å². The number of carbonyl (C=O) groups excluding carboxylic acids is 2. The third kappa shape index (κ3) is 4.84. The zero-order valence-corrected chi connectivity index (χ0v) is 23.8. The van der Waals surface area contributed by atoms with Gasteiger partial charge in [-0.3, -0.25) is 9.59 Å². The third-order valence-electron chi connectivity index (χ3n) is 8.11. The maximum Gasteiger partial charge on any atom is 0.333 e. The Morgan fingerprint density at radius 2 is 1.59 bits per heavy atom. The molecule has 0 radical (unpaired) electrons. The lowest BCUT2D eigenvalue weighted by molar-refractivity contribution is -0.171. The molecule has 0 saturated heterocycles. The van der Waals surface area contributed by atoms with Crippen LogP contribution in [0.3, 0.4) is 0 Å². The molecule has 4 unspecified atom stereocenters. The summed E-state index contributed by atoms with van der Waals surface area (Å²) in [7, 11) is 0. The first-order valence-corrected chi connectivity index (χ1v) is 13.8. The molecule has 0 aliphatic heterocycles. The first-order chi connectivity index (χ1) is 19.5. The molecule has 41 heavy (non-hydrogen) atoms. The van der Waals surface area contributed by atoms with Gasteiger partial charge < -0.3 is 19.9 Å². The fraction of sp³-hybridized carbons (Fsp3) is 0.324. The van der Waals surface area contributed by atoms with Crippen LogP contribution in [-0.2, 0) is 34.9 Å². The van der Waals surface area contributed by atoms with E-state index in [4.69, 9.17) is 9.47 Å². The maximum atomic E-state index is 14.0. The highest BCUT2D eigenvalue weighted by Crippen LogP contribution is 2.62. The van der Waals surface area contributed by atoms with Crippen LogP contribution in [0.15, 0.2) is 84.9 Å². The number of hydrogen-bond donors (Lipinski definition) is 2. The van der Waals surface area contributed by atoms with Gasteiger partial charge in [0.05, 0.1) is 12.5 Å². The zero-order valence-electron chi connectivity index (χ0n) is 23.8. The second-order valence-electron chi connectivity index (χ2n) is 11.8. The van der Waals surface area contributed by atoms with Gasteiger partial charge in [-0.1, -0.05) is 88.0 Å². The van der Waals surface area contributed by atoms with Crippen LogP contribution in [-0.4, -0.2) is 36.2 Å². The van der Waals surface area contributed by atoms with E-state index >= 15 is 0 Å². The van der Waals surface area contributed by atoms with E-state index < -0.39 is 41.2 Å². The molecule has 7 heteroatoms. The number of amides is 1. The standard InChI is InChI=1S/C34H35NO6/c1-20(2)32(39)40-17-18-41-34-25-14-10-9-13-23(25)27(24-16-15-21(19-26(24)34)33(3,4)5)28(29(34)31(37)38)30(36)35-22-11-7-6-8-12-22/h6-16,19,27-29H,1,17-18H2,2-5H3,(H,35,36)(H,37,38). The summed E-state index contributed by atoms with van der Waals surface area (Å²) in [6.45, 7) is 11.3. The van der Waals surface area contributed by atoms with Crippen LogP contribution in [0.1, 0.15) is 61.4 Å². The number of fused-ring (bicyclic) bond motifs is 1. The van der Waals surface area contributed by atoms with Gasteiger partial charge >= 0.3 is 11.9 Å². The zero-order chi connectivity index (χ0) is 29.5. The number of aliphatic carboxylic acids is 1. The van der Waals surface area contributed by atoms with Crippen molar-refractivity contribution in [3.63, 3.8) is 0 Å². The Balaban J connectivity index is 1.70. The number of anilines is 1. The van der Waals surface area contributed by atoms with Crippen LogP contribution in [0.2, 0.25) is 0 Å². The number of hydrogen-bond acceptors (Lipinski definition) is 5. The lowest BCUT2D eigenvalue weighted by atomic mass is 9.51. The van der Waals surface area contributed by atoms with Crippen LogP contribution in [0.25, 0.3) is 0 Å². The number of carbonyl (C=O) groups is 3. The Hall–Kier alpha value is -4.23. The average molecular weight is 554 g/mol. The van der Waals surface area contributed by atoms with Crippen LogP contribution in [0.5, 0.6) is 0 Å². The van der Waals surface area contributed by atoms with Crippen LogP contribution in [0.4, 0.5) is 5.69 Å². The largest absolute Gasteiger partial charge is 0.481 e. The molecule has 3 aliphatic rings. The Labute approximate surface area is 240 Å². The molecule has 3 aromatic rings. The minimum Gasteiger partial charge on any atom is -0.481 e. The Kier molecular flexibility index (Phi) is 7.34. The van der Waals surface area contributed by atoms with E-state index in [0.29, 0.717) is 11.3 Å². The van der Waals surface area contributed by atoms with Crippen LogP contribution < -0.4 is 5.32 Å². The number of carboxylic acids is 1. The summed E-state index contributed by atoms with van der Waals surface area (Å²) in [6, 6.07) is 22.7. The predicted molar refractivity (Wildman–Crippen MR) is 156 cm³/mol. The molecule has 0 saturated carbocycles. The van der Waals surface area contributed by atoms with E-state index in [1.807, 2.05) is 60.7 Å². The van der Waals surface area contributed by atoms with E-state index in [9.17, 15) is 19.5 Å². The maximum absolute atomic E-state index is 14.0. The van der Waals surface area contributed by atoms with Crippen molar-refractivity contribution in [1.29, 1.82) is 0 Å². The SMILES string of the molecule is C=C(C)C(=O)OCCOC12c3ccccc3C(c3ccc(C(C)(C)C)cc31)C(C(=O)Nc1ccccc1)C2C(=O)O. The molecule has 1 amide bonds. The number of rotatable bonds is 8. The highest BCUT2D eigenvalue weighted by molar-refractivity contribution is 5.98. The van der Waals surface area contributed by atoms with Gasteiger partial charge in [-0.25, -0.2) is 4.79 Å². The Morgan fingerprint density at radius 3 is 2.24 bits per heavy atom. The van der Waals surface area contributed by atoms with Gasteiger partial charge in [-0.15, -0.1) is 0 Å². The summed E-state index contributed by atoms with van der Waals surface area (Å²) in [5, 5.41) is 13.8. The van der Waals surface area contributed by atoms with Gasteiger partial charge in [0.15, 0.2) is 0 Å². The first-order valence-electron chi connectivity index (χ1n) is 13.8. The number of carboxylic acid groups (broad SMARTS) is 1. The van der Waals surface area contributed by atoms with E-state index in [-0.39, 0.29) is 24.2 Å². The highest BCUT2D eigenvalue weighted by Gasteiger charge is 2.64. The monoisotopic (exact) mass is 553 g/mol. The van der Waals surface area contributed by atoms with Crippen LogP contribution in [0, 0.1) is 11.8 Å². The van der Waals surface area contributed by atoms with Crippen molar-refractivity contribution in [2.75, 3.05) is 18.5 Å². The molecule has 7 nitrogen and oxygen atoms in total. The number of para-hydroxylation sites is 1. The van der Waals surface area contributed by atoms with Gasteiger partial charge in [0.1, 0.15) is 18.1 Å². The molecule has 0 aromatic heterocycles. The molecule has 3 aromatic carbocycles. The fourth-order valence-electron chi connectivity index (χ4n) is 6.28. The molecule has 0 heterocycles. The summed E-state index contributed by atoms with van der Waals surface area (Å²) in [5.41, 5.74) is 3.31. The van der Waals surface area contributed by atoms with Crippen molar-refractivity contribution in [3.8, 4) is 0 Å². The van der Waals surface area contributed by atoms with E-state index in [2.05, 4.69) is 32.7 Å². The molecule has 2 N–H and O–H groups in total. The first kappa shape index (κ1) is 28.3. The minimum absolute atomic E-state index is 0.0754. The van der Waals surface area contributed by atoms with Crippen molar-refractivity contribution in [2.45, 2.75) is 44.6 Å². The van der Waals surface area contributed by atoms with Gasteiger partial charge in [0, 0.05) is 17.2 Å². The Bertz CT molecular complexity index is 1520. The third-order valence-corrected chi connectivity index (χ3v) is 8.11. The van der Waals surface area contributed by atoms with Gasteiger partial charge in [-0.2, -0.15) is 0 Å². The van der Waals surface area contributed by atoms with Gasteiger partial charge in [0.25, 0.3) is 0 Å². The quantitative estimate of drug-likeness (QED) is 0.208. The minimum atomic E-state index is -1.50. The molecule has 2 bridgehead atoms. The topological polar surface area (TPSA) is 102 Å². The summed E-state index contributed by atoms with van der Waals surface area (Å²) >= 11 is 0. The van der Waals surface area contributed by atoms with Crippen LogP contribution >= 0.6 is 0 Å². The number of benzene rings is 3. The highest BCUT2D eigenvalue weighted by atomic mass is 16.6. The van der Waals surface area contributed by atoms with E-state index in [1.54, 1.807) is 19.1 Å². The van der Waals surface area contributed by atoms with E-state index in [1.165, 1.54) is 0 Å². The van der Waals surface area contributed by atoms with E-state index in [0.717, 1.165) is 22.3 Å². The molecule has 0 fully saturated rings. The molecule has 0 spiro atoms. The fourth-order valence-corrected chi connectivity index (χ4v) is 6.28. The predicted octanol–water partition coefficient (Wildman–Crippen LogP) is 5.78. The van der Waals surface area contributed by atoms with Gasteiger partial charge in [0.2, 0.25) is 5.91 Å². The second-order valence-corrected chi connectivity index (χ2v) is 11.8. The molecular formula is C34H35NO6. The second kappa shape index (κ2) is 10.6. The van der Waals surface area contributed by atoms with Crippen molar-refractivity contribution in [3.05, 3.63) is 113 Å². The normalized spacial score (nSPS) is 22.3. The Morgan fingerprint density at radius 1 is 0.927 bits per heavy atom. The molecule has 4 atom stereocenters. The van der Waals surface area contributed by atoms with Crippen molar-refractivity contribution < 1.29 is 29.0 Å². The lowest BCUT2D eigenvalue weighted by Crippen LogP contribution is -2.59. The van der Waals surface area contributed by atoms with Crippen molar-refractivity contribution >= 4 is 23.5 Å². The molecule has 212 valence electrons. The summed E-state index contributed by atoms with van der Waals surface area (Å²) < 4.78 is 12.0. The number of ether oxygens (including phenoxy) is 2. The molecular weight excluding hydrogens is 518 g/mol. The molecule has 6 rings (SSSR count). The molecule has 3 aliphatic carbocycles. The summed E-state index contributed by atoms with van der Waals surface area (Å²) in [4.78, 5) is 39.4. The number of esters is 1.